The van der Waals surface area contributed by atoms with E-state index in [0.717, 1.165) is 33.8 Å². The first-order valence-electron chi connectivity index (χ1n) is 8.90. The summed E-state index contributed by atoms with van der Waals surface area (Å²) in [5.74, 6) is 2.24. The third kappa shape index (κ3) is 3.34. The highest BCUT2D eigenvalue weighted by molar-refractivity contribution is 5.79. The van der Waals surface area contributed by atoms with Crippen LogP contribution in [-0.4, -0.2) is 33.8 Å². The Balaban J connectivity index is 1.73. The monoisotopic (exact) mass is 375 g/mol. The number of aryl methyl sites for hydroxylation is 1. The van der Waals surface area contributed by atoms with Gasteiger partial charge in [0.15, 0.2) is 17.1 Å². The molecule has 0 saturated carbocycles. The molecule has 0 aliphatic carbocycles. The van der Waals surface area contributed by atoms with Gasteiger partial charge in [-0.15, -0.1) is 0 Å². The smallest absolute Gasteiger partial charge is 0.165 e. The number of hydrogen-bond acceptors (Lipinski definition) is 6. The molecular formula is C21H21N5O2. The fraction of sp³-hybridized carbons (Fsp3) is 0.190. The third-order valence-electron chi connectivity index (χ3n) is 4.52. The predicted molar refractivity (Wildman–Crippen MR) is 108 cm³/mol. The van der Waals surface area contributed by atoms with E-state index in [2.05, 4.69) is 15.4 Å². The van der Waals surface area contributed by atoms with Crippen LogP contribution < -0.4 is 14.8 Å². The largest absolute Gasteiger partial charge is 0.493 e. The summed E-state index contributed by atoms with van der Waals surface area (Å²) in [4.78, 5) is 8.76. The van der Waals surface area contributed by atoms with Gasteiger partial charge in [-0.25, -0.2) is 4.98 Å². The Kier molecular flexibility index (Phi) is 4.80. The molecule has 7 nitrogen and oxygen atoms in total. The molecule has 28 heavy (non-hydrogen) atoms. The standard InChI is InChI=1S/C21H21N5O2/c1-14-10-20(23-12-15-6-8-22-9-7-15)26-21(25-14)17(13-24-26)16-4-5-18(27-2)19(11-16)28-3/h4-11,13,23H,12H2,1-3H3. The van der Waals surface area contributed by atoms with Gasteiger partial charge in [-0.3, -0.25) is 4.98 Å². The molecule has 0 aliphatic rings. The molecule has 3 aromatic heterocycles. The van der Waals surface area contributed by atoms with E-state index in [1.54, 1.807) is 26.6 Å². The minimum atomic E-state index is 0.669. The second-order valence-electron chi connectivity index (χ2n) is 6.36. The molecule has 0 fully saturated rings. The molecule has 3 heterocycles. The zero-order valence-electron chi connectivity index (χ0n) is 16.0. The first kappa shape index (κ1) is 17.8. The molecule has 0 bridgehead atoms. The van der Waals surface area contributed by atoms with Gasteiger partial charge in [-0.05, 0) is 42.3 Å². The van der Waals surface area contributed by atoms with Crippen molar-refractivity contribution in [2.75, 3.05) is 19.5 Å². The van der Waals surface area contributed by atoms with Crippen LogP contribution in [0.3, 0.4) is 0 Å². The average Bonchev–Trinajstić information content (AvgIpc) is 3.16. The number of benzene rings is 1. The van der Waals surface area contributed by atoms with Gasteiger partial charge in [-0.1, -0.05) is 6.07 Å². The van der Waals surface area contributed by atoms with Crippen LogP contribution in [0.15, 0.2) is 55.0 Å². The molecule has 1 N–H and O–H groups in total. The second-order valence-corrected chi connectivity index (χ2v) is 6.36. The maximum absolute atomic E-state index is 5.43. The van der Waals surface area contributed by atoms with E-state index >= 15 is 0 Å². The van der Waals surface area contributed by atoms with Crippen molar-refractivity contribution in [2.24, 2.45) is 0 Å². The number of ether oxygens (including phenoxy) is 2. The molecule has 1 aromatic carbocycles. The SMILES string of the molecule is COc1ccc(-c2cnn3c(NCc4ccncc4)cc(C)nc23)cc1OC. The van der Waals surface area contributed by atoms with Gasteiger partial charge in [0.2, 0.25) is 0 Å². The van der Waals surface area contributed by atoms with E-state index in [1.807, 2.05) is 54.0 Å². The van der Waals surface area contributed by atoms with Crippen molar-refractivity contribution in [3.63, 3.8) is 0 Å². The lowest BCUT2D eigenvalue weighted by Crippen LogP contribution is -2.06. The van der Waals surface area contributed by atoms with Gasteiger partial charge in [0.25, 0.3) is 0 Å². The summed E-state index contributed by atoms with van der Waals surface area (Å²) in [5, 5.41) is 7.99. The lowest BCUT2D eigenvalue weighted by Gasteiger charge is -2.11. The van der Waals surface area contributed by atoms with Crippen LogP contribution in [0.1, 0.15) is 11.3 Å². The van der Waals surface area contributed by atoms with Gasteiger partial charge < -0.3 is 14.8 Å². The van der Waals surface area contributed by atoms with E-state index in [0.29, 0.717) is 18.0 Å². The first-order valence-corrected chi connectivity index (χ1v) is 8.90. The van der Waals surface area contributed by atoms with Crippen LogP contribution in [0.25, 0.3) is 16.8 Å². The molecule has 4 aromatic rings. The molecule has 4 rings (SSSR count). The van der Waals surface area contributed by atoms with Gasteiger partial charge >= 0.3 is 0 Å². The molecular weight excluding hydrogens is 354 g/mol. The lowest BCUT2D eigenvalue weighted by atomic mass is 10.1. The second kappa shape index (κ2) is 7.56. The highest BCUT2D eigenvalue weighted by atomic mass is 16.5. The number of nitrogens with zero attached hydrogens (tertiary/aromatic N) is 4. The van der Waals surface area contributed by atoms with Crippen molar-refractivity contribution in [3.8, 4) is 22.6 Å². The fourth-order valence-electron chi connectivity index (χ4n) is 3.11. The quantitative estimate of drug-likeness (QED) is 0.554. The molecule has 0 unspecified atom stereocenters. The van der Waals surface area contributed by atoms with Gasteiger partial charge in [0, 0.05) is 36.3 Å². The highest BCUT2D eigenvalue weighted by Gasteiger charge is 2.14. The number of rotatable bonds is 6. The summed E-state index contributed by atoms with van der Waals surface area (Å²) in [6.45, 7) is 2.65. The number of pyridine rings is 1. The minimum absolute atomic E-state index is 0.669. The average molecular weight is 375 g/mol. The molecule has 7 heteroatoms. The third-order valence-corrected chi connectivity index (χ3v) is 4.52. The van der Waals surface area contributed by atoms with Crippen LogP contribution in [0.5, 0.6) is 11.5 Å². The topological polar surface area (TPSA) is 73.6 Å². The van der Waals surface area contributed by atoms with E-state index < -0.39 is 0 Å². The van der Waals surface area contributed by atoms with Crippen LogP contribution in [0.2, 0.25) is 0 Å². The minimum Gasteiger partial charge on any atom is -0.493 e. The molecule has 0 spiro atoms. The van der Waals surface area contributed by atoms with E-state index in [9.17, 15) is 0 Å². The van der Waals surface area contributed by atoms with Crippen molar-refractivity contribution in [1.82, 2.24) is 19.6 Å². The Morgan fingerprint density at radius 1 is 1.00 bits per heavy atom. The van der Waals surface area contributed by atoms with Crippen molar-refractivity contribution >= 4 is 11.5 Å². The summed E-state index contributed by atoms with van der Waals surface area (Å²) in [6, 6.07) is 11.7. The Bertz CT molecular complexity index is 1110. The van der Waals surface area contributed by atoms with Crippen molar-refractivity contribution in [3.05, 3.63) is 66.2 Å². The molecule has 0 radical (unpaired) electrons. The number of fused-ring (bicyclic) bond motifs is 1. The number of hydrogen-bond donors (Lipinski definition) is 1. The first-order chi connectivity index (χ1) is 13.7. The maximum atomic E-state index is 5.43. The predicted octanol–water partition coefficient (Wildman–Crippen LogP) is 3.73. The zero-order chi connectivity index (χ0) is 19.5. The van der Waals surface area contributed by atoms with Gasteiger partial charge in [0.05, 0.1) is 20.4 Å². The summed E-state index contributed by atoms with van der Waals surface area (Å²) in [6.07, 6.45) is 5.39. The van der Waals surface area contributed by atoms with Crippen LogP contribution >= 0.6 is 0 Å². The van der Waals surface area contributed by atoms with Crippen molar-refractivity contribution in [1.29, 1.82) is 0 Å². The summed E-state index contributed by atoms with van der Waals surface area (Å²) >= 11 is 0. The van der Waals surface area contributed by atoms with E-state index in [4.69, 9.17) is 14.5 Å². The Morgan fingerprint density at radius 2 is 1.79 bits per heavy atom. The Labute approximate surface area is 163 Å². The molecule has 0 atom stereocenters. The molecule has 142 valence electrons. The number of nitrogens with one attached hydrogen (secondary N) is 1. The maximum Gasteiger partial charge on any atom is 0.165 e. The number of anilines is 1. The summed E-state index contributed by atoms with van der Waals surface area (Å²) in [5.41, 5.74) is 4.73. The Hall–Kier alpha value is -3.61. The normalized spacial score (nSPS) is 10.8. The lowest BCUT2D eigenvalue weighted by molar-refractivity contribution is 0.355. The molecule has 0 saturated heterocycles. The zero-order valence-corrected chi connectivity index (χ0v) is 16.0. The van der Waals surface area contributed by atoms with Crippen LogP contribution in [0.4, 0.5) is 5.82 Å². The fourth-order valence-corrected chi connectivity index (χ4v) is 3.11. The highest BCUT2D eigenvalue weighted by Crippen LogP contribution is 2.34. The Morgan fingerprint density at radius 3 is 2.54 bits per heavy atom. The summed E-state index contributed by atoms with van der Waals surface area (Å²) < 4.78 is 12.6. The van der Waals surface area contributed by atoms with Gasteiger partial charge in [-0.2, -0.15) is 9.61 Å². The van der Waals surface area contributed by atoms with E-state index in [-0.39, 0.29) is 0 Å². The number of aromatic nitrogens is 4. The van der Waals surface area contributed by atoms with Crippen LogP contribution in [-0.2, 0) is 6.54 Å². The molecule has 0 amide bonds. The molecule has 0 aliphatic heterocycles. The van der Waals surface area contributed by atoms with Crippen molar-refractivity contribution in [2.45, 2.75) is 13.5 Å². The van der Waals surface area contributed by atoms with E-state index in [1.165, 1.54) is 0 Å². The summed E-state index contributed by atoms with van der Waals surface area (Å²) in [7, 11) is 3.25. The number of methoxy groups -OCH3 is 2. The van der Waals surface area contributed by atoms with Crippen molar-refractivity contribution < 1.29 is 9.47 Å². The van der Waals surface area contributed by atoms with Gasteiger partial charge in [0.1, 0.15) is 5.82 Å². The van der Waals surface area contributed by atoms with Crippen LogP contribution in [0, 0.1) is 6.92 Å².